The standard InChI is InChI=1S/C14H22N2O/c1-9-6-12(13(17-3)7-10(9)2)14(15)11-4-5-16-8-11/h6-7,11,14,16H,4-5,8,15H2,1-3H3. The van der Waals surface area contributed by atoms with Crippen molar-refractivity contribution >= 4 is 0 Å². The van der Waals surface area contributed by atoms with Gasteiger partial charge in [0.1, 0.15) is 5.75 Å². The van der Waals surface area contributed by atoms with Crippen LogP contribution in [0.25, 0.3) is 0 Å². The van der Waals surface area contributed by atoms with Gasteiger partial charge in [0.15, 0.2) is 0 Å². The summed E-state index contributed by atoms with van der Waals surface area (Å²) in [6.45, 7) is 6.31. The Bertz CT molecular complexity index is 397. The zero-order chi connectivity index (χ0) is 12.4. The summed E-state index contributed by atoms with van der Waals surface area (Å²) < 4.78 is 5.46. The van der Waals surface area contributed by atoms with E-state index >= 15 is 0 Å². The van der Waals surface area contributed by atoms with E-state index in [1.807, 2.05) is 0 Å². The molecule has 1 aromatic rings. The van der Waals surface area contributed by atoms with Crippen LogP contribution in [0.15, 0.2) is 12.1 Å². The maximum atomic E-state index is 6.38. The topological polar surface area (TPSA) is 47.3 Å². The highest BCUT2D eigenvalue weighted by Crippen LogP contribution is 2.33. The highest BCUT2D eigenvalue weighted by Gasteiger charge is 2.25. The van der Waals surface area contributed by atoms with Crippen LogP contribution in [0.5, 0.6) is 5.75 Å². The molecule has 1 saturated heterocycles. The van der Waals surface area contributed by atoms with Crippen molar-refractivity contribution in [2.75, 3.05) is 20.2 Å². The molecular formula is C14H22N2O. The molecule has 2 unspecified atom stereocenters. The van der Waals surface area contributed by atoms with E-state index in [1.54, 1.807) is 7.11 Å². The molecule has 94 valence electrons. The van der Waals surface area contributed by atoms with E-state index < -0.39 is 0 Å². The van der Waals surface area contributed by atoms with Gasteiger partial charge in [-0.05, 0) is 56.5 Å². The van der Waals surface area contributed by atoms with Gasteiger partial charge in [-0.2, -0.15) is 0 Å². The van der Waals surface area contributed by atoms with Crippen LogP contribution in [-0.4, -0.2) is 20.2 Å². The molecule has 0 aliphatic carbocycles. The Morgan fingerprint density at radius 1 is 1.35 bits per heavy atom. The number of methoxy groups -OCH3 is 1. The zero-order valence-corrected chi connectivity index (χ0v) is 10.9. The Balaban J connectivity index is 2.32. The van der Waals surface area contributed by atoms with Gasteiger partial charge in [-0.3, -0.25) is 0 Å². The largest absolute Gasteiger partial charge is 0.496 e. The summed E-state index contributed by atoms with van der Waals surface area (Å²) in [5, 5.41) is 3.37. The predicted octanol–water partition coefficient (Wildman–Crippen LogP) is 1.92. The number of hydrogen-bond acceptors (Lipinski definition) is 3. The Labute approximate surface area is 103 Å². The highest BCUT2D eigenvalue weighted by molar-refractivity contribution is 5.43. The third-order valence-corrected chi connectivity index (χ3v) is 3.81. The summed E-state index contributed by atoms with van der Waals surface area (Å²) in [6, 6.07) is 4.34. The lowest BCUT2D eigenvalue weighted by Gasteiger charge is -2.22. The minimum atomic E-state index is 0.0687. The van der Waals surface area contributed by atoms with E-state index in [1.165, 1.54) is 11.1 Å². The van der Waals surface area contributed by atoms with Crippen LogP contribution in [0.1, 0.15) is 29.2 Å². The number of benzene rings is 1. The maximum absolute atomic E-state index is 6.38. The molecule has 0 radical (unpaired) electrons. The molecule has 2 rings (SSSR count). The van der Waals surface area contributed by atoms with E-state index in [0.29, 0.717) is 5.92 Å². The summed E-state index contributed by atoms with van der Waals surface area (Å²) in [5.41, 5.74) is 10.1. The molecule has 3 nitrogen and oxygen atoms in total. The number of hydrogen-bond donors (Lipinski definition) is 2. The van der Waals surface area contributed by atoms with Crippen LogP contribution in [0, 0.1) is 19.8 Å². The van der Waals surface area contributed by atoms with Crippen molar-refractivity contribution < 1.29 is 4.74 Å². The van der Waals surface area contributed by atoms with E-state index in [2.05, 4.69) is 31.3 Å². The van der Waals surface area contributed by atoms with E-state index in [9.17, 15) is 0 Å². The summed E-state index contributed by atoms with van der Waals surface area (Å²) in [6.07, 6.45) is 1.15. The first-order valence-corrected chi connectivity index (χ1v) is 6.25. The minimum Gasteiger partial charge on any atom is -0.496 e. The van der Waals surface area contributed by atoms with Crippen LogP contribution in [0.4, 0.5) is 0 Å². The van der Waals surface area contributed by atoms with E-state index in [0.717, 1.165) is 30.8 Å². The summed E-state index contributed by atoms with van der Waals surface area (Å²) in [7, 11) is 1.72. The average molecular weight is 234 g/mol. The van der Waals surface area contributed by atoms with Gasteiger partial charge in [0, 0.05) is 11.6 Å². The van der Waals surface area contributed by atoms with Gasteiger partial charge in [0.05, 0.1) is 7.11 Å². The van der Waals surface area contributed by atoms with Crippen molar-refractivity contribution in [3.05, 3.63) is 28.8 Å². The second-order valence-electron chi connectivity index (χ2n) is 4.96. The molecule has 1 fully saturated rings. The normalized spacial score (nSPS) is 21.5. The molecule has 0 amide bonds. The SMILES string of the molecule is COc1cc(C)c(C)cc1C(N)C1CCNC1. The number of nitrogens with one attached hydrogen (secondary N) is 1. The molecule has 1 aromatic carbocycles. The van der Waals surface area contributed by atoms with Crippen LogP contribution in [-0.2, 0) is 0 Å². The van der Waals surface area contributed by atoms with Crippen LogP contribution >= 0.6 is 0 Å². The van der Waals surface area contributed by atoms with Gasteiger partial charge >= 0.3 is 0 Å². The Morgan fingerprint density at radius 3 is 2.65 bits per heavy atom. The monoisotopic (exact) mass is 234 g/mol. The van der Waals surface area contributed by atoms with Crippen molar-refractivity contribution in [3.8, 4) is 5.75 Å². The quantitative estimate of drug-likeness (QED) is 0.840. The zero-order valence-electron chi connectivity index (χ0n) is 10.9. The molecule has 3 heteroatoms. The lowest BCUT2D eigenvalue weighted by molar-refractivity contribution is 0.390. The van der Waals surface area contributed by atoms with Crippen LogP contribution in [0.2, 0.25) is 0 Å². The molecule has 1 aliphatic heterocycles. The molecule has 0 saturated carbocycles. The van der Waals surface area contributed by atoms with Crippen molar-refractivity contribution in [2.24, 2.45) is 11.7 Å². The Hall–Kier alpha value is -1.06. The van der Waals surface area contributed by atoms with E-state index in [-0.39, 0.29) is 6.04 Å². The fraction of sp³-hybridized carbons (Fsp3) is 0.571. The number of nitrogens with two attached hydrogens (primary N) is 1. The van der Waals surface area contributed by atoms with Gasteiger partial charge in [-0.15, -0.1) is 0 Å². The Morgan fingerprint density at radius 2 is 2.06 bits per heavy atom. The fourth-order valence-electron chi connectivity index (χ4n) is 2.49. The smallest absolute Gasteiger partial charge is 0.123 e. The molecule has 1 heterocycles. The summed E-state index contributed by atoms with van der Waals surface area (Å²) in [5.74, 6) is 1.44. The predicted molar refractivity (Wildman–Crippen MR) is 70.4 cm³/mol. The molecule has 17 heavy (non-hydrogen) atoms. The first kappa shape index (κ1) is 12.4. The summed E-state index contributed by atoms with van der Waals surface area (Å²) >= 11 is 0. The average Bonchev–Trinajstić information content (AvgIpc) is 2.84. The number of rotatable bonds is 3. The molecule has 0 aromatic heterocycles. The van der Waals surface area contributed by atoms with Crippen molar-refractivity contribution in [2.45, 2.75) is 26.3 Å². The second kappa shape index (κ2) is 5.07. The maximum Gasteiger partial charge on any atom is 0.123 e. The highest BCUT2D eigenvalue weighted by atomic mass is 16.5. The van der Waals surface area contributed by atoms with Gasteiger partial charge in [0.25, 0.3) is 0 Å². The summed E-state index contributed by atoms with van der Waals surface area (Å²) in [4.78, 5) is 0. The van der Waals surface area contributed by atoms with Crippen LogP contribution < -0.4 is 15.8 Å². The number of aryl methyl sites for hydroxylation is 2. The number of ether oxygens (including phenoxy) is 1. The lowest BCUT2D eigenvalue weighted by atomic mass is 9.90. The van der Waals surface area contributed by atoms with Gasteiger partial charge in [-0.25, -0.2) is 0 Å². The third kappa shape index (κ3) is 2.45. The Kier molecular flexibility index (Phi) is 3.69. The molecule has 3 N–H and O–H groups in total. The van der Waals surface area contributed by atoms with Gasteiger partial charge < -0.3 is 15.8 Å². The third-order valence-electron chi connectivity index (χ3n) is 3.81. The molecule has 2 atom stereocenters. The fourth-order valence-corrected chi connectivity index (χ4v) is 2.49. The molecule has 0 spiro atoms. The van der Waals surface area contributed by atoms with Crippen molar-refractivity contribution in [3.63, 3.8) is 0 Å². The minimum absolute atomic E-state index is 0.0687. The van der Waals surface area contributed by atoms with Gasteiger partial charge in [-0.1, -0.05) is 6.07 Å². The molecule has 1 aliphatic rings. The van der Waals surface area contributed by atoms with Crippen molar-refractivity contribution in [1.29, 1.82) is 0 Å². The van der Waals surface area contributed by atoms with Gasteiger partial charge in [0.2, 0.25) is 0 Å². The lowest BCUT2D eigenvalue weighted by Crippen LogP contribution is -2.24. The van der Waals surface area contributed by atoms with Crippen LogP contribution in [0.3, 0.4) is 0 Å². The molecular weight excluding hydrogens is 212 g/mol. The van der Waals surface area contributed by atoms with E-state index in [4.69, 9.17) is 10.5 Å². The first-order valence-electron chi connectivity index (χ1n) is 6.25. The first-order chi connectivity index (χ1) is 8.13. The molecule has 0 bridgehead atoms. The van der Waals surface area contributed by atoms with Crippen molar-refractivity contribution in [1.82, 2.24) is 5.32 Å². The second-order valence-corrected chi connectivity index (χ2v) is 4.96.